The van der Waals surface area contributed by atoms with Crippen molar-refractivity contribution >= 4 is 17.7 Å². The second kappa shape index (κ2) is 14.6. The van der Waals surface area contributed by atoms with Crippen molar-refractivity contribution in [3.05, 3.63) is 119 Å². The number of nitrogens with one attached hydrogen (secondary N) is 3. The molecule has 1 aliphatic carbocycles. The summed E-state index contributed by atoms with van der Waals surface area (Å²) in [6.07, 6.45) is -7.24. The first-order chi connectivity index (χ1) is 23.3. The van der Waals surface area contributed by atoms with E-state index in [1.807, 2.05) is 24.3 Å². The minimum atomic E-state index is -4.57. The van der Waals surface area contributed by atoms with Crippen LogP contribution in [0.5, 0.6) is 0 Å². The second-order valence-corrected chi connectivity index (χ2v) is 11.8. The number of amides is 3. The van der Waals surface area contributed by atoms with Gasteiger partial charge in [-0.3, -0.25) is 14.4 Å². The van der Waals surface area contributed by atoms with Gasteiger partial charge in [-0.05, 0) is 64.4 Å². The zero-order valence-electron chi connectivity index (χ0n) is 26.2. The fourth-order valence-corrected chi connectivity index (χ4v) is 6.29. The minimum absolute atomic E-state index is 0.193. The van der Waals surface area contributed by atoms with E-state index in [0.717, 1.165) is 23.3 Å². The van der Waals surface area contributed by atoms with Gasteiger partial charge < -0.3 is 16.0 Å². The van der Waals surface area contributed by atoms with E-state index in [-0.39, 0.29) is 25.1 Å². The molecule has 49 heavy (non-hydrogen) atoms. The molecule has 3 amide bonds. The van der Waals surface area contributed by atoms with Crippen molar-refractivity contribution in [3.8, 4) is 22.3 Å². The third-order valence-corrected chi connectivity index (χ3v) is 8.56. The molecule has 256 valence electrons. The Morgan fingerprint density at radius 1 is 0.612 bits per heavy atom. The third kappa shape index (κ3) is 7.96. The van der Waals surface area contributed by atoms with Crippen LogP contribution in [0.25, 0.3) is 22.3 Å². The molecule has 0 bridgehead atoms. The highest BCUT2D eigenvalue weighted by Gasteiger charge is 2.49. The van der Waals surface area contributed by atoms with Gasteiger partial charge in [0.15, 0.2) is 0 Å². The average Bonchev–Trinajstić information content (AvgIpc) is 3.37. The first-order valence-electron chi connectivity index (χ1n) is 15.7. The number of fused-ring (bicyclic) bond motifs is 3. The summed E-state index contributed by atoms with van der Waals surface area (Å²) in [4.78, 5) is 39.0. The standard InChI is InChI=1S/C37H33F6N3O3/c38-36(39,40)23-46-34(49)35(30-14-6-4-11-27(30)28-12-5-7-15-31(28)35)20-8-1-9-21-44-32(47)22-45-33(48)29-13-3-2-10-26(29)24-16-18-25(19-17-24)37(41,42)43/h2-7,10-19H,1,8-9,20-23H2,(H,44,47)(H,45,48)(H,46,49). The Kier molecular flexibility index (Phi) is 10.4. The van der Waals surface area contributed by atoms with Gasteiger partial charge in [0.25, 0.3) is 5.91 Å². The highest BCUT2D eigenvalue weighted by Crippen LogP contribution is 2.51. The molecule has 0 saturated carbocycles. The second-order valence-electron chi connectivity index (χ2n) is 11.8. The molecule has 0 aliphatic heterocycles. The molecule has 12 heteroatoms. The van der Waals surface area contributed by atoms with Gasteiger partial charge in [0.2, 0.25) is 11.8 Å². The monoisotopic (exact) mass is 681 g/mol. The Morgan fingerprint density at radius 2 is 1.18 bits per heavy atom. The van der Waals surface area contributed by atoms with E-state index in [9.17, 15) is 40.7 Å². The normalized spacial score (nSPS) is 13.3. The molecule has 0 heterocycles. The van der Waals surface area contributed by atoms with Crippen LogP contribution in [0.3, 0.4) is 0 Å². The van der Waals surface area contributed by atoms with E-state index in [4.69, 9.17) is 0 Å². The molecule has 1 aliphatic rings. The van der Waals surface area contributed by atoms with Crippen LogP contribution < -0.4 is 16.0 Å². The molecule has 0 aromatic heterocycles. The predicted octanol–water partition coefficient (Wildman–Crippen LogP) is 7.42. The van der Waals surface area contributed by atoms with Crippen molar-refractivity contribution in [3.63, 3.8) is 0 Å². The summed E-state index contributed by atoms with van der Waals surface area (Å²) in [6, 6.07) is 25.2. The summed E-state index contributed by atoms with van der Waals surface area (Å²) >= 11 is 0. The molecule has 3 N–H and O–H groups in total. The maximum Gasteiger partial charge on any atom is 0.416 e. The number of hydrogen-bond acceptors (Lipinski definition) is 3. The lowest BCUT2D eigenvalue weighted by molar-refractivity contribution is -0.141. The number of alkyl halides is 6. The summed E-state index contributed by atoms with van der Waals surface area (Å²) in [5, 5.41) is 7.37. The Balaban J connectivity index is 1.15. The van der Waals surface area contributed by atoms with Gasteiger partial charge >= 0.3 is 12.4 Å². The fraction of sp³-hybridized carbons (Fsp3) is 0.270. The first-order valence-corrected chi connectivity index (χ1v) is 15.7. The topological polar surface area (TPSA) is 87.3 Å². The number of unbranched alkanes of at least 4 members (excludes halogenated alkanes) is 2. The van der Waals surface area contributed by atoms with Gasteiger partial charge in [-0.15, -0.1) is 0 Å². The molecule has 0 spiro atoms. The van der Waals surface area contributed by atoms with Crippen molar-refractivity contribution < 1.29 is 40.7 Å². The Hall–Kier alpha value is -5.13. The average molecular weight is 682 g/mol. The molecule has 0 unspecified atom stereocenters. The molecule has 6 nitrogen and oxygen atoms in total. The van der Waals surface area contributed by atoms with Crippen LogP contribution in [0.4, 0.5) is 26.3 Å². The molecular formula is C37H33F6N3O3. The van der Waals surface area contributed by atoms with Crippen LogP contribution in [0.15, 0.2) is 97.1 Å². The third-order valence-electron chi connectivity index (χ3n) is 8.56. The highest BCUT2D eigenvalue weighted by molar-refractivity contribution is 6.02. The summed E-state index contributed by atoms with van der Waals surface area (Å²) in [6.45, 7) is -1.52. The van der Waals surface area contributed by atoms with Gasteiger partial charge in [-0.2, -0.15) is 26.3 Å². The lowest BCUT2D eigenvalue weighted by atomic mass is 9.73. The Morgan fingerprint density at radius 3 is 1.78 bits per heavy atom. The van der Waals surface area contributed by atoms with Crippen LogP contribution in [0.2, 0.25) is 0 Å². The smallest absolute Gasteiger partial charge is 0.355 e. The van der Waals surface area contributed by atoms with E-state index in [1.165, 1.54) is 18.2 Å². The van der Waals surface area contributed by atoms with Crippen LogP contribution >= 0.6 is 0 Å². The van der Waals surface area contributed by atoms with Crippen LogP contribution in [-0.2, 0) is 21.2 Å². The molecule has 0 fully saturated rings. The number of hydrogen-bond donors (Lipinski definition) is 3. The Bertz CT molecular complexity index is 1770. The Labute approximate surface area is 278 Å². The van der Waals surface area contributed by atoms with Crippen LogP contribution in [0, 0.1) is 0 Å². The highest BCUT2D eigenvalue weighted by atomic mass is 19.4. The van der Waals surface area contributed by atoms with Crippen molar-refractivity contribution in [1.82, 2.24) is 16.0 Å². The first kappa shape index (κ1) is 35.2. The number of benzene rings is 4. The zero-order chi connectivity index (χ0) is 35.2. The quantitative estimate of drug-likeness (QED) is 0.107. The molecule has 0 atom stereocenters. The maximum atomic E-state index is 13.6. The van der Waals surface area contributed by atoms with Crippen molar-refractivity contribution in [2.24, 2.45) is 0 Å². The van der Waals surface area contributed by atoms with E-state index in [1.54, 1.807) is 42.5 Å². The van der Waals surface area contributed by atoms with E-state index in [2.05, 4.69) is 16.0 Å². The zero-order valence-corrected chi connectivity index (χ0v) is 26.2. The molecule has 4 aromatic rings. The summed E-state index contributed by atoms with van der Waals surface area (Å²) in [5.41, 5.74) is 1.81. The molecule has 4 aromatic carbocycles. The number of carbonyl (C=O) groups is 3. The summed E-state index contributed by atoms with van der Waals surface area (Å²) in [7, 11) is 0. The molecule has 5 rings (SSSR count). The van der Waals surface area contributed by atoms with Crippen molar-refractivity contribution in [2.75, 3.05) is 19.6 Å². The minimum Gasteiger partial charge on any atom is -0.355 e. The largest absolute Gasteiger partial charge is 0.416 e. The van der Waals surface area contributed by atoms with Gasteiger partial charge in [0.1, 0.15) is 12.0 Å². The van der Waals surface area contributed by atoms with Crippen molar-refractivity contribution in [2.45, 2.75) is 43.5 Å². The summed E-state index contributed by atoms with van der Waals surface area (Å²) < 4.78 is 78.2. The fourth-order valence-electron chi connectivity index (χ4n) is 6.29. The van der Waals surface area contributed by atoms with Gasteiger partial charge in [0.05, 0.1) is 12.1 Å². The maximum absolute atomic E-state index is 13.6. The lowest BCUT2D eigenvalue weighted by Gasteiger charge is -2.31. The van der Waals surface area contributed by atoms with Crippen LogP contribution in [0.1, 0.15) is 52.7 Å². The summed E-state index contributed by atoms with van der Waals surface area (Å²) in [5.74, 6) is -1.75. The van der Waals surface area contributed by atoms with E-state index < -0.39 is 47.6 Å². The van der Waals surface area contributed by atoms with Gasteiger partial charge in [0, 0.05) is 12.1 Å². The van der Waals surface area contributed by atoms with Crippen molar-refractivity contribution in [1.29, 1.82) is 0 Å². The molecule has 0 radical (unpaired) electrons. The molecule has 0 saturated heterocycles. The lowest BCUT2D eigenvalue weighted by Crippen LogP contribution is -2.47. The number of rotatable bonds is 12. The van der Waals surface area contributed by atoms with Gasteiger partial charge in [-0.25, -0.2) is 0 Å². The SMILES string of the molecule is O=C(CNC(=O)c1ccccc1-c1ccc(C(F)(F)F)cc1)NCCCCCC1(C(=O)NCC(F)(F)F)c2ccccc2-c2ccccc21. The van der Waals surface area contributed by atoms with Gasteiger partial charge in [-0.1, -0.05) is 91.7 Å². The van der Waals surface area contributed by atoms with E-state index >= 15 is 0 Å². The number of halogens is 6. The van der Waals surface area contributed by atoms with E-state index in [0.29, 0.717) is 41.5 Å². The predicted molar refractivity (Wildman–Crippen MR) is 172 cm³/mol. The molecular weight excluding hydrogens is 648 g/mol. The van der Waals surface area contributed by atoms with Crippen LogP contribution in [-0.4, -0.2) is 43.5 Å². The number of carbonyl (C=O) groups excluding carboxylic acids is 3.